The molecular weight excluding hydrogens is 563 g/mol. The summed E-state index contributed by atoms with van der Waals surface area (Å²) < 4.78 is 0.567. The summed E-state index contributed by atoms with van der Waals surface area (Å²) in [5, 5.41) is 1.25. The SMILES string of the molecule is O=C1/C(=C\c2ccc(Cl)cc2)SC(=S)N1CCCCCC(=O)N1c2ccccc2Sc2ccc(Cl)cc21. The van der Waals surface area contributed by atoms with Crippen molar-refractivity contribution >= 4 is 92.5 Å². The van der Waals surface area contributed by atoms with Crippen LogP contribution < -0.4 is 4.90 Å². The first kappa shape index (κ1) is 26.3. The number of carbonyl (C=O) groups is 2. The molecule has 2 aliphatic heterocycles. The number of carbonyl (C=O) groups excluding carboxylic acids is 2. The van der Waals surface area contributed by atoms with Crippen molar-refractivity contribution in [3.63, 3.8) is 0 Å². The first-order chi connectivity index (χ1) is 17.9. The van der Waals surface area contributed by atoms with Gasteiger partial charge in [0.15, 0.2) is 0 Å². The Hall–Kier alpha value is -2.29. The normalized spacial score (nSPS) is 15.8. The smallest absolute Gasteiger partial charge is 0.266 e. The summed E-state index contributed by atoms with van der Waals surface area (Å²) in [7, 11) is 0. The van der Waals surface area contributed by atoms with E-state index in [2.05, 4.69) is 0 Å². The van der Waals surface area contributed by atoms with Crippen LogP contribution in [-0.4, -0.2) is 27.6 Å². The highest BCUT2D eigenvalue weighted by Crippen LogP contribution is 2.49. The predicted octanol–water partition coefficient (Wildman–Crippen LogP) is 8.58. The fraction of sp³-hybridized carbons (Fsp3) is 0.179. The number of para-hydroxylation sites is 1. The Bertz CT molecular complexity index is 1410. The van der Waals surface area contributed by atoms with Crippen molar-refractivity contribution in [3.8, 4) is 0 Å². The molecule has 2 aliphatic rings. The van der Waals surface area contributed by atoms with E-state index in [9.17, 15) is 9.59 Å². The fourth-order valence-electron chi connectivity index (χ4n) is 4.23. The highest BCUT2D eigenvalue weighted by atomic mass is 35.5. The zero-order valence-electron chi connectivity index (χ0n) is 19.7. The standard InChI is InChI=1S/C28H22Cl2N2O2S3/c29-19-11-9-18(10-12-19)16-25-27(34)31(28(35)37-25)15-5-1-2-8-26(33)32-21-6-3-4-7-23(21)36-24-14-13-20(30)17-22(24)32/h3-4,6-7,9-14,16-17H,1-2,5,8,15H2/b25-16+. The first-order valence-electron chi connectivity index (χ1n) is 11.8. The minimum atomic E-state index is -0.0723. The molecule has 0 spiro atoms. The average molecular weight is 586 g/mol. The Kier molecular flexibility index (Phi) is 8.27. The highest BCUT2D eigenvalue weighted by Gasteiger charge is 2.32. The van der Waals surface area contributed by atoms with Crippen molar-refractivity contribution < 1.29 is 9.59 Å². The summed E-state index contributed by atoms with van der Waals surface area (Å²) in [6.45, 7) is 0.540. The second kappa shape index (κ2) is 11.6. The van der Waals surface area contributed by atoms with Crippen LogP contribution in [0.15, 0.2) is 81.4 Å². The van der Waals surface area contributed by atoms with Crippen molar-refractivity contribution in [3.05, 3.63) is 87.2 Å². The summed E-state index contributed by atoms with van der Waals surface area (Å²) in [4.78, 5) is 32.4. The van der Waals surface area contributed by atoms with E-state index in [4.69, 9.17) is 35.4 Å². The molecule has 4 nitrogen and oxygen atoms in total. The topological polar surface area (TPSA) is 40.6 Å². The lowest BCUT2D eigenvalue weighted by Crippen LogP contribution is -2.29. The van der Waals surface area contributed by atoms with Crippen LogP contribution in [0, 0.1) is 0 Å². The maximum atomic E-state index is 13.4. The molecule has 2 heterocycles. The lowest BCUT2D eigenvalue weighted by Gasteiger charge is -2.31. The molecule has 1 saturated heterocycles. The Morgan fingerprint density at radius 1 is 0.865 bits per heavy atom. The molecule has 9 heteroatoms. The van der Waals surface area contributed by atoms with Gasteiger partial charge in [-0.1, -0.05) is 89.6 Å². The first-order valence-corrected chi connectivity index (χ1v) is 14.6. The number of anilines is 2. The molecule has 0 radical (unpaired) electrons. The van der Waals surface area contributed by atoms with Gasteiger partial charge in [-0.05, 0) is 66.9 Å². The third kappa shape index (κ3) is 5.91. The van der Waals surface area contributed by atoms with Gasteiger partial charge in [-0.15, -0.1) is 0 Å². The lowest BCUT2D eigenvalue weighted by molar-refractivity contribution is -0.122. The molecule has 0 bridgehead atoms. The van der Waals surface area contributed by atoms with Crippen LogP contribution in [0.25, 0.3) is 6.08 Å². The van der Waals surface area contributed by atoms with Crippen LogP contribution in [0.2, 0.25) is 10.0 Å². The number of nitrogens with zero attached hydrogens (tertiary/aromatic N) is 2. The van der Waals surface area contributed by atoms with Crippen LogP contribution in [0.4, 0.5) is 11.4 Å². The van der Waals surface area contributed by atoms with E-state index >= 15 is 0 Å². The number of rotatable bonds is 7. The second-order valence-corrected chi connectivity index (χ2v) is 12.2. The molecular formula is C28H22Cl2N2O2S3. The van der Waals surface area contributed by atoms with Crippen LogP contribution in [0.5, 0.6) is 0 Å². The Morgan fingerprint density at radius 3 is 2.41 bits per heavy atom. The lowest BCUT2D eigenvalue weighted by atomic mass is 10.1. The van der Waals surface area contributed by atoms with Crippen LogP contribution in [-0.2, 0) is 9.59 Å². The van der Waals surface area contributed by atoms with Crippen molar-refractivity contribution in [2.75, 3.05) is 11.4 Å². The van der Waals surface area contributed by atoms with Crippen LogP contribution in [0.1, 0.15) is 31.2 Å². The molecule has 37 heavy (non-hydrogen) atoms. The Morgan fingerprint density at radius 2 is 1.59 bits per heavy atom. The molecule has 3 aromatic carbocycles. The van der Waals surface area contributed by atoms with Crippen molar-refractivity contribution in [1.29, 1.82) is 0 Å². The number of hydrogen-bond donors (Lipinski definition) is 0. The van der Waals surface area contributed by atoms with Gasteiger partial charge in [0.25, 0.3) is 5.91 Å². The molecule has 0 unspecified atom stereocenters. The van der Waals surface area contributed by atoms with Gasteiger partial charge >= 0.3 is 0 Å². The minimum absolute atomic E-state index is 0.0350. The number of hydrogen-bond acceptors (Lipinski definition) is 5. The van der Waals surface area contributed by atoms with E-state index in [1.807, 2.05) is 60.7 Å². The van der Waals surface area contributed by atoms with Gasteiger partial charge in [0.05, 0.1) is 16.3 Å². The molecule has 0 atom stereocenters. The molecule has 0 aromatic heterocycles. The zero-order chi connectivity index (χ0) is 25.9. The van der Waals surface area contributed by atoms with E-state index in [0.717, 1.165) is 46.0 Å². The van der Waals surface area contributed by atoms with Crippen LogP contribution in [0.3, 0.4) is 0 Å². The highest BCUT2D eigenvalue weighted by molar-refractivity contribution is 8.26. The number of amides is 2. The van der Waals surface area contributed by atoms with Gasteiger partial charge in [0.2, 0.25) is 5.91 Å². The van der Waals surface area contributed by atoms with Gasteiger partial charge in [-0.25, -0.2) is 0 Å². The third-order valence-corrected chi connectivity index (χ3v) is 9.05. The second-order valence-electron chi connectivity index (χ2n) is 8.61. The van der Waals surface area contributed by atoms with Gasteiger partial charge in [-0.2, -0.15) is 0 Å². The van der Waals surface area contributed by atoms with Crippen molar-refractivity contribution in [1.82, 2.24) is 4.90 Å². The molecule has 1 fully saturated rings. The van der Waals surface area contributed by atoms with Crippen LogP contribution >= 0.6 is 58.9 Å². The maximum absolute atomic E-state index is 13.4. The zero-order valence-corrected chi connectivity index (χ0v) is 23.6. The minimum Gasteiger partial charge on any atom is -0.293 e. The maximum Gasteiger partial charge on any atom is 0.266 e. The molecule has 2 amide bonds. The monoisotopic (exact) mass is 584 g/mol. The fourth-order valence-corrected chi connectivity index (χ4v) is 6.87. The largest absolute Gasteiger partial charge is 0.293 e. The summed E-state index contributed by atoms with van der Waals surface area (Å²) >= 11 is 20.6. The number of fused-ring (bicyclic) bond motifs is 2. The number of halogens is 2. The van der Waals surface area contributed by atoms with E-state index in [1.165, 1.54) is 11.8 Å². The number of thioether (sulfide) groups is 1. The van der Waals surface area contributed by atoms with Gasteiger partial charge in [-0.3, -0.25) is 19.4 Å². The Labute approximate surface area is 240 Å². The number of unbranched alkanes of at least 4 members (excludes halogenated alkanes) is 2. The molecule has 0 aliphatic carbocycles. The summed E-state index contributed by atoms with van der Waals surface area (Å²) in [5.74, 6) is -0.0373. The molecule has 188 valence electrons. The summed E-state index contributed by atoms with van der Waals surface area (Å²) in [6.07, 6.45) is 4.54. The quantitative estimate of drug-likeness (QED) is 0.158. The van der Waals surface area contributed by atoms with E-state index < -0.39 is 0 Å². The summed E-state index contributed by atoms with van der Waals surface area (Å²) in [6, 6.07) is 20.9. The predicted molar refractivity (Wildman–Crippen MR) is 159 cm³/mol. The van der Waals surface area contributed by atoms with Crippen molar-refractivity contribution in [2.45, 2.75) is 35.5 Å². The van der Waals surface area contributed by atoms with E-state index in [0.29, 0.717) is 32.2 Å². The number of thiocarbonyl (C=S) groups is 1. The van der Waals surface area contributed by atoms with Crippen molar-refractivity contribution in [2.24, 2.45) is 0 Å². The van der Waals surface area contributed by atoms with Gasteiger partial charge < -0.3 is 0 Å². The molecule has 0 saturated carbocycles. The third-order valence-electron chi connectivity index (χ3n) is 6.05. The van der Waals surface area contributed by atoms with Gasteiger partial charge in [0.1, 0.15) is 4.32 Å². The van der Waals surface area contributed by atoms with E-state index in [1.54, 1.807) is 33.7 Å². The van der Waals surface area contributed by atoms with Gasteiger partial charge in [0, 0.05) is 32.8 Å². The summed E-state index contributed by atoms with van der Waals surface area (Å²) in [5.41, 5.74) is 2.62. The molecule has 5 rings (SSSR count). The average Bonchev–Trinajstić information content (AvgIpc) is 3.15. The Balaban J connectivity index is 1.17. The number of benzene rings is 3. The van der Waals surface area contributed by atoms with E-state index in [-0.39, 0.29) is 11.8 Å². The molecule has 3 aromatic rings. The molecule has 0 N–H and O–H groups in total.